The number of carboxylic acid groups (broad SMARTS) is 1. The summed E-state index contributed by atoms with van der Waals surface area (Å²) in [5.41, 5.74) is 2.33. The van der Waals surface area contributed by atoms with Crippen molar-refractivity contribution < 1.29 is 14.7 Å². The van der Waals surface area contributed by atoms with Crippen LogP contribution in [-0.2, 0) is 9.59 Å². The van der Waals surface area contributed by atoms with Crippen molar-refractivity contribution in [2.75, 3.05) is 22.6 Å². The van der Waals surface area contributed by atoms with Crippen molar-refractivity contribution in [3.63, 3.8) is 0 Å². The molecule has 0 fully saturated rings. The van der Waals surface area contributed by atoms with Crippen molar-refractivity contribution in [1.82, 2.24) is 5.32 Å². The molecule has 2 aromatic carbocycles. The lowest BCUT2D eigenvalue weighted by atomic mass is 10.2. The number of benzene rings is 2. The number of rotatable bonds is 10. The zero-order valence-electron chi connectivity index (χ0n) is 15.9. The first-order valence-corrected chi connectivity index (χ1v) is 10.2. The maximum atomic E-state index is 12.2. The van der Waals surface area contributed by atoms with Crippen molar-refractivity contribution in [2.24, 2.45) is 0 Å². The Morgan fingerprint density at radius 3 is 2.31 bits per heavy atom. The van der Waals surface area contributed by atoms with E-state index in [4.69, 9.17) is 0 Å². The fraction of sp³-hybridized carbons (Fsp3) is 0.190. The van der Waals surface area contributed by atoms with Gasteiger partial charge in [-0.25, -0.2) is 4.79 Å². The monoisotopic (exact) mass is 410 g/mol. The van der Waals surface area contributed by atoms with Gasteiger partial charge in [-0.2, -0.15) is 17.0 Å². The molecule has 29 heavy (non-hydrogen) atoms. The first-order valence-electron chi connectivity index (χ1n) is 8.85. The molecule has 1 unspecified atom stereocenters. The van der Waals surface area contributed by atoms with Crippen LogP contribution >= 0.6 is 11.8 Å². The third-order valence-corrected chi connectivity index (χ3v) is 4.55. The number of aliphatic carboxylic acids is 1. The molecule has 0 aromatic heterocycles. The fourth-order valence-electron chi connectivity index (χ4n) is 2.37. The van der Waals surface area contributed by atoms with Crippen LogP contribution in [-0.4, -0.2) is 35.0 Å². The van der Waals surface area contributed by atoms with Crippen molar-refractivity contribution in [3.05, 3.63) is 66.4 Å². The minimum Gasteiger partial charge on any atom is -0.480 e. The van der Waals surface area contributed by atoms with Crippen LogP contribution in [0.3, 0.4) is 0 Å². The number of thioether (sulfide) groups is 1. The molecule has 150 valence electrons. The maximum Gasteiger partial charge on any atom is 0.326 e. The summed E-state index contributed by atoms with van der Waals surface area (Å²) in [7, 11) is 0. The second kappa shape index (κ2) is 11.4. The summed E-state index contributed by atoms with van der Waals surface area (Å²) in [6.07, 6.45) is 3.40. The Morgan fingerprint density at radius 2 is 1.72 bits per heavy atom. The number of nitriles is 1. The molecule has 1 atom stereocenters. The number of nitrogens with zero attached hydrogens (tertiary/aromatic N) is 1. The maximum absolute atomic E-state index is 12.2. The third kappa shape index (κ3) is 7.24. The van der Waals surface area contributed by atoms with Crippen LogP contribution in [0.25, 0.3) is 0 Å². The predicted molar refractivity (Wildman–Crippen MR) is 116 cm³/mol. The van der Waals surface area contributed by atoms with Crippen molar-refractivity contribution in [3.8, 4) is 6.07 Å². The van der Waals surface area contributed by atoms with Gasteiger partial charge in [-0.15, -0.1) is 0 Å². The molecule has 0 radical (unpaired) electrons. The molecule has 0 aliphatic heterocycles. The Bertz CT molecular complexity index is 892. The Balaban J connectivity index is 1.97. The van der Waals surface area contributed by atoms with E-state index in [0.717, 1.165) is 11.4 Å². The largest absolute Gasteiger partial charge is 0.480 e. The molecule has 0 aliphatic carbocycles. The van der Waals surface area contributed by atoms with E-state index in [2.05, 4.69) is 16.0 Å². The normalized spacial score (nSPS) is 11.8. The molecule has 4 N–H and O–H groups in total. The standard InChI is InChI=1S/C21H22N4O3S/c1-29-12-11-19(21(27)28)25-20(26)15(13-22)14-23-16-7-9-18(10-8-16)24-17-5-3-2-4-6-17/h2-10,14,19,23-24H,11-12H2,1H3,(H,25,26)(H,27,28)/b15-14-. The average Bonchev–Trinajstić information content (AvgIpc) is 2.73. The number of para-hydroxylation sites is 1. The molecule has 0 aliphatic rings. The van der Waals surface area contributed by atoms with E-state index >= 15 is 0 Å². The van der Waals surface area contributed by atoms with Crippen LogP contribution in [0.5, 0.6) is 0 Å². The number of hydrogen-bond donors (Lipinski definition) is 4. The smallest absolute Gasteiger partial charge is 0.326 e. The zero-order chi connectivity index (χ0) is 21.1. The lowest BCUT2D eigenvalue weighted by Gasteiger charge is -2.13. The Morgan fingerprint density at radius 1 is 1.10 bits per heavy atom. The van der Waals surface area contributed by atoms with Crippen LogP contribution in [0.15, 0.2) is 66.4 Å². The molecular weight excluding hydrogens is 388 g/mol. The number of carbonyl (C=O) groups is 2. The van der Waals surface area contributed by atoms with E-state index in [1.54, 1.807) is 18.2 Å². The van der Waals surface area contributed by atoms with Crippen molar-refractivity contribution in [2.45, 2.75) is 12.5 Å². The topological polar surface area (TPSA) is 114 Å². The summed E-state index contributed by atoms with van der Waals surface area (Å²) in [5, 5.41) is 27.0. The van der Waals surface area contributed by atoms with E-state index in [1.165, 1.54) is 18.0 Å². The zero-order valence-corrected chi connectivity index (χ0v) is 16.7. The summed E-state index contributed by atoms with van der Waals surface area (Å²) in [6, 6.07) is 17.8. The number of carboxylic acids is 1. The van der Waals surface area contributed by atoms with Gasteiger partial charge >= 0.3 is 5.97 Å². The molecule has 0 saturated heterocycles. The molecular formula is C21H22N4O3S. The second-order valence-electron chi connectivity index (χ2n) is 6.03. The van der Waals surface area contributed by atoms with Gasteiger partial charge in [0.1, 0.15) is 17.7 Å². The lowest BCUT2D eigenvalue weighted by molar-refractivity contribution is -0.141. The van der Waals surface area contributed by atoms with E-state index < -0.39 is 17.9 Å². The van der Waals surface area contributed by atoms with Crippen LogP contribution in [0, 0.1) is 11.3 Å². The summed E-state index contributed by atoms with van der Waals surface area (Å²) in [5.74, 6) is -1.26. The minimum absolute atomic E-state index is 0.202. The van der Waals surface area contributed by atoms with Crippen molar-refractivity contribution >= 4 is 40.7 Å². The Hall–Kier alpha value is -3.44. The summed E-state index contributed by atoms with van der Waals surface area (Å²) >= 11 is 1.49. The van der Waals surface area contributed by atoms with Crippen LogP contribution in [0.1, 0.15) is 6.42 Å². The average molecular weight is 410 g/mol. The highest BCUT2D eigenvalue weighted by Gasteiger charge is 2.21. The van der Waals surface area contributed by atoms with E-state index in [-0.39, 0.29) is 12.0 Å². The molecule has 0 heterocycles. The van der Waals surface area contributed by atoms with Gasteiger partial charge in [-0.3, -0.25) is 4.79 Å². The van der Waals surface area contributed by atoms with Gasteiger partial charge in [-0.05, 0) is 54.8 Å². The number of amides is 1. The number of hydrogen-bond acceptors (Lipinski definition) is 6. The molecule has 0 saturated carbocycles. The highest BCUT2D eigenvalue weighted by molar-refractivity contribution is 7.98. The van der Waals surface area contributed by atoms with Gasteiger partial charge in [0.05, 0.1) is 0 Å². The van der Waals surface area contributed by atoms with Gasteiger partial charge in [-0.1, -0.05) is 18.2 Å². The molecule has 7 nitrogen and oxygen atoms in total. The van der Waals surface area contributed by atoms with Gasteiger partial charge in [0, 0.05) is 23.3 Å². The highest BCUT2D eigenvalue weighted by Crippen LogP contribution is 2.18. The van der Waals surface area contributed by atoms with Crippen LogP contribution in [0.4, 0.5) is 17.1 Å². The van der Waals surface area contributed by atoms with Gasteiger partial charge < -0.3 is 21.1 Å². The second-order valence-corrected chi connectivity index (χ2v) is 7.01. The van der Waals surface area contributed by atoms with Gasteiger partial charge in [0.25, 0.3) is 5.91 Å². The van der Waals surface area contributed by atoms with Crippen LogP contribution < -0.4 is 16.0 Å². The molecule has 8 heteroatoms. The third-order valence-electron chi connectivity index (χ3n) is 3.91. The number of nitrogens with one attached hydrogen (secondary N) is 3. The predicted octanol–water partition coefficient (Wildman–Crippen LogP) is 3.57. The molecule has 0 spiro atoms. The molecule has 0 bridgehead atoms. The summed E-state index contributed by atoms with van der Waals surface area (Å²) in [4.78, 5) is 23.5. The number of anilines is 3. The SMILES string of the molecule is CSCCC(NC(=O)/C(C#N)=C\Nc1ccc(Nc2ccccc2)cc1)C(=O)O. The highest BCUT2D eigenvalue weighted by atomic mass is 32.2. The van der Waals surface area contributed by atoms with Crippen molar-refractivity contribution in [1.29, 1.82) is 5.26 Å². The Kier molecular flexibility index (Phi) is 8.60. The summed E-state index contributed by atoms with van der Waals surface area (Å²) < 4.78 is 0. The quantitative estimate of drug-likeness (QED) is 0.350. The van der Waals surface area contributed by atoms with E-state index in [1.807, 2.05) is 48.7 Å². The molecule has 2 aromatic rings. The number of carbonyl (C=O) groups excluding carboxylic acids is 1. The fourth-order valence-corrected chi connectivity index (χ4v) is 2.84. The lowest BCUT2D eigenvalue weighted by Crippen LogP contribution is -2.41. The molecule has 2 rings (SSSR count). The first kappa shape index (κ1) is 21.9. The minimum atomic E-state index is -1.13. The first-order chi connectivity index (χ1) is 14.0. The summed E-state index contributed by atoms with van der Waals surface area (Å²) in [6.45, 7) is 0. The van der Waals surface area contributed by atoms with E-state index in [0.29, 0.717) is 11.4 Å². The Labute approximate surface area is 173 Å². The van der Waals surface area contributed by atoms with Gasteiger partial charge in [0.2, 0.25) is 0 Å². The van der Waals surface area contributed by atoms with Crippen LogP contribution in [0.2, 0.25) is 0 Å². The molecule has 1 amide bonds. The van der Waals surface area contributed by atoms with E-state index in [9.17, 15) is 20.0 Å². The van der Waals surface area contributed by atoms with Gasteiger partial charge in [0.15, 0.2) is 0 Å².